The predicted octanol–water partition coefficient (Wildman–Crippen LogP) is 1.57. The lowest BCUT2D eigenvalue weighted by atomic mass is 10.1. The van der Waals surface area contributed by atoms with Gasteiger partial charge in [0.25, 0.3) is 5.91 Å². The first-order valence-electron chi connectivity index (χ1n) is 5.50. The molecule has 0 heterocycles. The standard InChI is InChI=1S/C11H21N2O3/c1-5-6-7-8(12)9(14)13-10(15)16-11(2,3)4/h8H,5-7,12H2,1-4H3/t8-/m0/s1. The molecule has 0 aliphatic rings. The van der Waals surface area contributed by atoms with E-state index < -0.39 is 23.6 Å². The summed E-state index contributed by atoms with van der Waals surface area (Å²) in [6, 6.07) is -0.701. The molecule has 2 N–H and O–H groups in total. The fourth-order valence-corrected chi connectivity index (χ4v) is 1.01. The highest BCUT2D eigenvalue weighted by Crippen LogP contribution is 2.07. The lowest BCUT2D eigenvalue weighted by Gasteiger charge is -2.18. The van der Waals surface area contributed by atoms with E-state index in [1.54, 1.807) is 20.8 Å². The fraction of sp³-hybridized carbons (Fsp3) is 0.818. The highest BCUT2D eigenvalue weighted by molar-refractivity contribution is 5.94. The largest absolute Gasteiger partial charge is 0.442 e. The molecule has 0 aromatic heterocycles. The zero-order chi connectivity index (χ0) is 12.8. The molecule has 0 rings (SSSR count). The third kappa shape index (κ3) is 7.23. The van der Waals surface area contributed by atoms with Crippen LogP contribution in [-0.4, -0.2) is 23.6 Å². The molecular weight excluding hydrogens is 208 g/mol. The monoisotopic (exact) mass is 229 g/mol. The summed E-state index contributed by atoms with van der Waals surface area (Å²) in [6.07, 6.45) is 1.47. The van der Waals surface area contributed by atoms with Crippen molar-refractivity contribution in [2.75, 3.05) is 0 Å². The maximum Gasteiger partial charge on any atom is 0.437 e. The Bertz CT molecular complexity index is 246. The smallest absolute Gasteiger partial charge is 0.437 e. The van der Waals surface area contributed by atoms with E-state index in [1.807, 2.05) is 6.92 Å². The topological polar surface area (TPSA) is 83.5 Å². The Hall–Kier alpha value is -1.10. The number of amides is 2. The maximum atomic E-state index is 11.4. The number of unbranched alkanes of at least 4 members (excludes halogenated alkanes) is 1. The molecule has 2 amide bonds. The lowest BCUT2D eigenvalue weighted by molar-refractivity contribution is -0.122. The van der Waals surface area contributed by atoms with Gasteiger partial charge >= 0.3 is 6.09 Å². The first-order valence-corrected chi connectivity index (χ1v) is 5.50. The Morgan fingerprint density at radius 2 is 1.94 bits per heavy atom. The van der Waals surface area contributed by atoms with Gasteiger partial charge in [-0.15, -0.1) is 5.32 Å². The van der Waals surface area contributed by atoms with Crippen molar-refractivity contribution in [2.45, 2.75) is 58.6 Å². The molecule has 0 aliphatic carbocycles. The van der Waals surface area contributed by atoms with Crippen LogP contribution in [0.3, 0.4) is 0 Å². The third-order valence-electron chi connectivity index (χ3n) is 1.78. The van der Waals surface area contributed by atoms with Crippen LogP contribution in [0.2, 0.25) is 0 Å². The molecule has 5 heteroatoms. The first-order chi connectivity index (χ1) is 7.26. The number of imide groups is 1. The van der Waals surface area contributed by atoms with Gasteiger partial charge in [-0.05, 0) is 27.2 Å². The maximum absolute atomic E-state index is 11.4. The number of hydrogen-bond acceptors (Lipinski definition) is 4. The number of nitrogens with zero attached hydrogens (tertiary/aromatic N) is 1. The van der Waals surface area contributed by atoms with Crippen LogP contribution in [0.25, 0.3) is 0 Å². The molecule has 0 saturated carbocycles. The van der Waals surface area contributed by atoms with Gasteiger partial charge in [0.1, 0.15) is 5.60 Å². The Morgan fingerprint density at radius 3 is 2.38 bits per heavy atom. The molecule has 0 unspecified atom stereocenters. The Labute approximate surface area is 96.7 Å². The zero-order valence-corrected chi connectivity index (χ0v) is 10.4. The van der Waals surface area contributed by atoms with Crippen LogP contribution < -0.4 is 11.1 Å². The Morgan fingerprint density at radius 1 is 1.38 bits per heavy atom. The molecule has 1 radical (unpaired) electrons. The molecular formula is C11H21N2O3. The molecule has 0 aliphatic heterocycles. The van der Waals surface area contributed by atoms with Gasteiger partial charge in [-0.3, -0.25) is 4.79 Å². The summed E-state index contributed by atoms with van der Waals surface area (Å²) in [5.41, 5.74) is 4.92. The summed E-state index contributed by atoms with van der Waals surface area (Å²) in [4.78, 5) is 22.5. The highest BCUT2D eigenvalue weighted by Gasteiger charge is 2.22. The number of nitrogens with two attached hydrogens (primary N) is 1. The number of rotatable bonds is 4. The van der Waals surface area contributed by atoms with Gasteiger partial charge < -0.3 is 10.5 Å². The van der Waals surface area contributed by atoms with Crippen LogP contribution in [0.5, 0.6) is 0 Å². The average molecular weight is 229 g/mol. The van der Waals surface area contributed by atoms with Crippen molar-refractivity contribution in [3.63, 3.8) is 0 Å². The normalized spacial score (nSPS) is 13.1. The predicted molar refractivity (Wildman–Crippen MR) is 60.9 cm³/mol. The van der Waals surface area contributed by atoms with E-state index in [0.717, 1.165) is 12.8 Å². The van der Waals surface area contributed by atoms with Gasteiger partial charge in [0, 0.05) is 0 Å². The average Bonchev–Trinajstić information content (AvgIpc) is 2.10. The molecule has 5 nitrogen and oxygen atoms in total. The fourth-order valence-electron chi connectivity index (χ4n) is 1.01. The van der Waals surface area contributed by atoms with E-state index in [2.05, 4.69) is 5.32 Å². The van der Waals surface area contributed by atoms with Gasteiger partial charge in [0.2, 0.25) is 0 Å². The molecule has 93 valence electrons. The van der Waals surface area contributed by atoms with Gasteiger partial charge in [0.05, 0.1) is 6.04 Å². The van der Waals surface area contributed by atoms with Crippen LogP contribution in [-0.2, 0) is 9.53 Å². The number of ether oxygens (including phenoxy) is 1. The van der Waals surface area contributed by atoms with E-state index >= 15 is 0 Å². The zero-order valence-electron chi connectivity index (χ0n) is 10.4. The van der Waals surface area contributed by atoms with E-state index in [0.29, 0.717) is 6.42 Å². The van der Waals surface area contributed by atoms with Crippen LogP contribution in [0.15, 0.2) is 0 Å². The summed E-state index contributed by atoms with van der Waals surface area (Å²) >= 11 is 0. The minimum Gasteiger partial charge on any atom is -0.442 e. The van der Waals surface area contributed by atoms with E-state index in [1.165, 1.54) is 0 Å². The Kier molecular flexibility index (Phi) is 6.03. The second kappa shape index (κ2) is 6.48. The summed E-state index contributed by atoms with van der Waals surface area (Å²) in [5.74, 6) is -0.609. The van der Waals surface area contributed by atoms with Crippen molar-refractivity contribution in [1.82, 2.24) is 5.32 Å². The summed E-state index contributed by atoms with van der Waals surface area (Å²) < 4.78 is 4.88. The van der Waals surface area contributed by atoms with Crippen LogP contribution in [0, 0.1) is 0 Å². The summed E-state index contributed by atoms with van der Waals surface area (Å²) in [7, 11) is 0. The second-order valence-corrected chi connectivity index (χ2v) is 4.68. The third-order valence-corrected chi connectivity index (χ3v) is 1.78. The van der Waals surface area contributed by atoms with Crippen molar-refractivity contribution in [3.8, 4) is 0 Å². The van der Waals surface area contributed by atoms with Crippen molar-refractivity contribution in [2.24, 2.45) is 5.73 Å². The van der Waals surface area contributed by atoms with E-state index in [-0.39, 0.29) is 0 Å². The van der Waals surface area contributed by atoms with Gasteiger partial charge in [-0.1, -0.05) is 19.8 Å². The number of hydrogen-bond donors (Lipinski definition) is 1. The minimum absolute atomic E-state index is 0.543. The quantitative estimate of drug-likeness (QED) is 0.793. The molecule has 0 bridgehead atoms. The van der Waals surface area contributed by atoms with E-state index in [9.17, 15) is 9.59 Å². The molecule has 0 spiro atoms. The SMILES string of the molecule is CCCC[C@H](N)C(=O)[N]C(=O)OC(C)(C)C. The number of carbonyl (C=O) groups is 2. The molecule has 1 atom stereocenters. The second-order valence-electron chi connectivity index (χ2n) is 4.68. The summed E-state index contributed by atoms with van der Waals surface area (Å²) in [6.45, 7) is 7.13. The molecule has 0 aromatic carbocycles. The summed E-state index contributed by atoms with van der Waals surface area (Å²) in [5, 5.41) is 3.29. The van der Waals surface area contributed by atoms with Crippen molar-refractivity contribution >= 4 is 12.0 Å². The molecule has 0 fully saturated rings. The van der Waals surface area contributed by atoms with Gasteiger partial charge in [-0.25, -0.2) is 4.79 Å². The first kappa shape index (κ1) is 14.9. The number of carbonyl (C=O) groups excluding carboxylic acids is 2. The van der Waals surface area contributed by atoms with E-state index in [4.69, 9.17) is 10.5 Å². The van der Waals surface area contributed by atoms with Crippen molar-refractivity contribution in [1.29, 1.82) is 0 Å². The molecule has 16 heavy (non-hydrogen) atoms. The van der Waals surface area contributed by atoms with Crippen molar-refractivity contribution in [3.05, 3.63) is 0 Å². The van der Waals surface area contributed by atoms with Gasteiger partial charge in [0.15, 0.2) is 0 Å². The van der Waals surface area contributed by atoms with Crippen LogP contribution in [0.1, 0.15) is 47.0 Å². The molecule has 0 aromatic rings. The minimum atomic E-state index is -0.871. The highest BCUT2D eigenvalue weighted by atomic mass is 16.6. The van der Waals surface area contributed by atoms with Gasteiger partial charge in [-0.2, -0.15) is 0 Å². The molecule has 0 saturated heterocycles. The Balaban J connectivity index is 3.99. The van der Waals surface area contributed by atoms with Crippen LogP contribution >= 0.6 is 0 Å². The van der Waals surface area contributed by atoms with Crippen LogP contribution in [0.4, 0.5) is 4.79 Å². The van der Waals surface area contributed by atoms with Crippen molar-refractivity contribution < 1.29 is 14.3 Å². The lowest BCUT2D eigenvalue weighted by Crippen LogP contribution is -2.41.